The van der Waals surface area contributed by atoms with Crippen LogP contribution in [0.25, 0.3) is 10.2 Å². The summed E-state index contributed by atoms with van der Waals surface area (Å²) in [5, 5.41) is 11.0. The lowest BCUT2D eigenvalue weighted by atomic mass is 10.1. The molecule has 0 atom stereocenters. The highest BCUT2D eigenvalue weighted by Crippen LogP contribution is 2.31. The van der Waals surface area contributed by atoms with Crippen LogP contribution in [0, 0.1) is 0 Å². The molecule has 0 aliphatic rings. The minimum atomic E-state index is -0.867. The van der Waals surface area contributed by atoms with Crippen LogP contribution in [-0.2, 0) is 4.79 Å². The zero-order valence-electron chi connectivity index (χ0n) is 10.5. The van der Waals surface area contributed by atoms with Gasteiger partial charge in [0.05, 0.1) is 10.2 Å². The Labute approximate surface area is 109 Å². The van der Waals surface area contributed by atoms with E-state index in [1.54, 1.807) is 4.90 Å². The zero-order chi connectivity index (χ0) is 13.3. The monoisotopic (exact) mass is 265 g/mol. The number of carboxylic acids is 1. The molecule has 5 nitrogen and oxygen atoms in total. The van der Waals surface area contributed by atoms with Crippen LogP contribution in [0.15, 0.2) is 17.8 Å². The first-order valence-corrected chi connectivity index (χ1v) is 6.45. The largest absolute Gasteiger partial charge is 0.480 e. The van der Waals surface area contributed by atoms with Crippen molar-refractivity contribution >= 4 is 33.3 Å². The molecular formula is C12H15N3O2S. The summed E-state index contributed by atoms with van der Waals surface area (Å²) < 4.78 is 0.925. The van der Waals surface area contributed by atoms with Gasteiger partial charge in [0.15, 0.2) is 5.82 Å². The normalized spacial score (nSPS) is 11.7. The van der Waals surface area contributed by atoms with Crippen LogP contribution in [0.4, 0.5) is 5.82 Å². The fourth-order valence-electron chi connectivity index (χ4n) is 1.73. The smallest absolute Gasteiger partial charge is 0.323 e. The van der Waals surface area contributed by atoms with Crippen LogP contribution < -0.4 is 4.90 Å². The first-order valence-electron chi connectivity index (χ1n) is 5.57. The van der Waals surface area contributed by atoms with Crippen LogP contribution in [0.2, 0.25) is 0 Å². The van der Waals surface area contributed by atoms with Gasteiger partial charge in [0, 0.05) is 5.54 Å². The van der Waals surface area contributed by atoms with E-state index in [1.165, 1.54) is 17.7 Å². The number of thiophene rings is 1. The number of aliphatic carboxylic acids is 1. The van der Waals surface area contributed by atoms with Gasteiger partial charge in [0.1, 0.15) is 12.9 Å². The van der Waals surface area contributed by atoms with Crippen LogP contribution in [0.3, 0.4) is 0 Å². The lowest BCUT2D eigenvalue weighted by Gasteiger charge is -2.35. The van der Waals surface area contributed by atoms with Crippen LogP contribution in [0.1, 0.15) is 20.8 Å². The van der Waals surface area contributed by atoms with Crippen LogP contribution >= 0.6 is 11.3 Å². The van der Waals surface area contributed by atoms with Gasteiger partial charge in [0.25, 0.3) is 0 Å². The molecule has 1 N–H and O–H groups in total. The van der Waals surface area contributed by atoms with Crippen molar-refractivity contribution in [2.24, 2.45) is 0 Å². The summed E-state index contributed by atoms with van der Waals surface area (Å²) in [6.45, 7) is 5.83. The average Bonchev–Trinajstić information content (AvgIpc) is 2.71. The third kappa shape index (κ3) is 2.43. The van der Waals surface area contributed by atoms with Crippen molar-refractivity contribution < 1.29 is 9.90 Å². The molecule has 6 heteroatoms. The lowest BCUT2D eigenvalue weighted by Crippen LogP contribution is -2.45. The molecule has 2 aromatic heterocycles. The number of aromatic nitrogens is 2. The highest BCUT2D eigenvalue weighted by atomic mass is 32.1. The van der Waals surface area contributed by atoms with Gasteiger partial charge in [-0.1, -0.05) is 0 Å². The minimum Gasteiger partial charge on any atom is -0.480 e. The predicted octanol–water partition coefficient (Wildman–Crippen LogP) is 2.38. The van der Waals surface area contributed by atoms with E-state index in [4.69, 9.17) is 5.11 Å². The van der Waals surface area contributed by atoms with Gasteiger partial charge >= 0.3 is 5.97 Å². The molecule has 96 valence electrons. The maximum Gasteiger partial charge on any atom is 0.323 e. The van der Waals surface area contributed by atoms with E-state index < -0.39 is 5.97 Å². The van der Waals surface area contributed by atoms with Crippen LogP contribution in [0.5, 0.6) is 0 Å². The number of hydrogen-bond donors (Lipinski definition) is 1. The van der Waals surface area contributed by atoms with Crippen LogP contribution in [-0.4, -0.2) is 33.1 Å². The van der Waals surface area contributed by atoms with E-state index in [1.807, 2.05) is 32.2 Å². The third-order valence-electron chi connectivity index (χ3n) is 2.58. The molecule has 0 aliphatic carbocycles. The van der Waals surface area contributed by atoms with Gasteiger partial charge < -0.3 is 10.0 Å². The van der Waals surface area contributed by atoms with Crippen molar-refractivity contribution in [3.8, 4) is 0 Å². The van der Waals surface area contributed by atoms with Crippen molar-refractivity contribution in [3.63, 3.8) is 0 Å². The standard InChI is InChI=1S/C12H15N3O2S/c1-12(2,3)15(6-9(16)17)11-10-8(4-5-18-10)13-7-14-11/h4-5,7H,6H2,1-3H3,(H,16,17). The van der Waals surface area contributed by atoms with E-state index in [9.17, 15) is 4.79 Å². The number of nitrogens with zero attached hydrogens (tertiary/aromatic N) is 3. The van der Waals surface area contributed by atoms with E-state index in [2.05, 4.69) is 9.97 Å². The van der Waals surface area contributed by atoms with Gasteiger partial charge in [-0.05, 0) is 32.2 Å². The summed E-state index contributed by atoms with van der Waals surface area (Å²) in [5.74, 6) is -0.182. The molecule has 18 heavy (non-hydrogen) atoms. The number of anilines is 1. The van der Waals surface area contributed by atoms with E-state index in [-0.39, 0.29) is 12.1 Å². The number of fused-ring (bicyclic) bond motifs is 1. The Morgan fingerprint density at radius 2 is 2.17 bits per heavy atom. The summed E-state index contributed by atoms with van der Waals surface area (Å²) in [6, 6.07) is 1.91. The Morgan fingerprint density at radius 3 is 2.78 bits per heavy atom. The predicted molar refractivity (Wildman–Crippen MR) is 72.1 cm³/mol. The Balaban J connectivity index is 2.54. The second kappa shape index (κ2) is 4.53. The summed E-state index contributed by atoms with van der Waals surface area (Å²) in [7, 11) is 0. The maximum absolute atomic E-state index is 11.0. The SMILES string of the molecule is CC(C)(C)N(CC(=O)O)c1ncnc2ccsc12. The Bertz CT molecular complexity index is 574. The third-order valence-corrected chi connectivity index (χ3v) is 3.48. The topological polar surface area (TPSA) is 66.3 Å². The first-order chi connectivity index (χ1) is 8.39. The molecule has 0 spiro atoms. The zero-order valence-corrected chi connectivity index (χ0v) is 11.4. The molecule has 0 fully saturated rings. The van der Waals surface area contributed by atoms with E-state index in [0.717, 1.165) is 10.2 Å². The minimum absolute atomic E-state index is 0.0759. The number of rotatable bonds is 3. The second-order valence-electron chi connectivity index (χ2n) is 4.98. The maximum atomic E-state index is 11.0. The van der Waals surface area contributed by atoms with Gasteiger partial charge in [-0.3, -0.25) is 4.79 Å². The van der Waals surface area contributed by atoms with Gasteiger partial charge in [-0.2, -0.15) is 0 Å². The van der Waals surface area contributed by atoms with Crippen molar-refractivity contribution in [3.05, 3.63) is 17.8 Å². The molecule has 0 unspecified atom stereocenters. The molecule has 2 rings (SSSR count). The molecule has 2 heterocycles. The fourth-order valence-corrected chi connectivity index (χ4v) is 2.58. The molecule has 0 radical (unpaired) electrons. The number of carbonyl (C=O) groups is 1. The molecule has 0 amide bonds. The fraction of sp³-hybridized carbons (Fsp3) is 0.417. The van der Waals surface area contributed by atoms with Gasteiger partial charge in [-0.15, -0.1) is 11.3 Å². The Kier molecular flexibility index (Phi) is 3.21. The highest BCUT2D eigenvalue weighted by molar-refractivity contribution is 7.17. The summed E-state index contributed by atoms with van der Waals surface area (Å²) in [4.78, 5) is 21.2. The molecular weight excluding hydrogens is 250 g/mol. The van der Waals surface area contributed by atoms with E-state index in [0.29, 0.717) is 5.82 Å². The molecule has 0 aromatic carbocycles. The van der Waals surface area contributed by atoms with Gasteiger partial charge in [-0.25, -0.2) is 9.97 Å². The lowest BCUT2D eigenvalue weighted by molar-refractivity contribution is -0.135. The molecule has 0 saturated heterocycles. The quantitative estimate of drug-likeness (QED) is 0.923. The summed E-state index contributed by atoms with van der Waals surface area (Å²) >= 11 is 1.53. The number of hydrogen-bond acceptors (Lipinski definition) is 5. The summed E-state index contributed by atoms with van der Waals surface area (Å²) in [6.07, 6.45) is 1.48. The molecule has 0 bridgehead atoms. The van der Waals surface area contributed by atoms with Crippen molar-refractivity contribution in [2.45, 2.75) is 26.3 Å². The number of carboxylic acid groups (broad SMARTS) is 1. The van der Waals surface area contributed by atoms with Crippen molar-refractivity contribution in [1.29, 1.82) is 0 Å². The molecule has 0 aliphatic heterocycles. The van der Waals surface area contributed by atoms with Gasteiger partial charge in [0.2, 0.25) is 0 Å². The molecule has 0 saturated carbocycles. The highest BCUT2D eigenvalue weighted by Gasteiger charge is 2.27. The van der Waals surface area contributed by atoms with Crippen molar-refractivity contribution in [1.82, 2.24) is 9.97 Å². The first kappa shape index (κ1) is 12.8. The second-order valence-corrected chi connectivity index (χ2v) is 5.90. The molecule has 2 aromatic rings. The van der Waals surface area contributed by atoms with Crippen molar-refractivity contribution in [2.75, 3.05) is 11.4 Å². The Morgan fingerprint density at radius 1 is 1.44 bits per heavy atom. The Hall–Kier alpha value is -1.69. The summed E-state index contributed by atoms with van der Waals surface area (Å²) in [5.41, 5.74) is 0.536. The van der Waals surface area contributed by atoms with E-state index >= 15 is 0 Å². The average molecular weight is 265 g/mol.